The summed E-state index contributed by atoms with van der Waals surface area (Å²) in [5.74, 6) is 0.425. The number of rotatable bonds is 4. The van der Waals surface area contributed by atoms with Crippen LogP contribution >= 0.6 is 0 Å². The fourth-order valence-corrected chi connectivity index (χ4v) is 3.57. The SMILES string of the molecule is COCCN1C[C@H]2C[C@@H](C(=O)N3CCCC3)[C@@H](C1)O2. The molecule has 3 rings (SSSR count). The summed E-state index contributed by atoms with van der Waals surface area (Å²) in [6.07, 6.45) is 3.57. The van der Waals surface area contributed by atoms with Gasteiger partial charge in [0, 0.05) is 39.8 Å². The number of nitrogens with zero attached hydrogens (tertiary/aromatic N) is 2. The Bertz CT molecular complexity index is 331. The van der Waals surface area contributed by atoms with E-state index in [-0.39, 0.29) is 18.1 Å². The Morgan fingerprint density at radius 2 is 2.11 bits per heavy atom. The Morgan fingerprint density at radius 1 is 1.32 bits per heavy atom. The van der Waals surface area contributed by atoms with E-state index in [0.717, 1.165) is 58.6 Å². The van der Waals surface area contributed by atoms with Gasteiger partial charge in [-0.05, 0) is 19.3 Å². The van der Waals surface area contributed by atoms with Crippen molar-refractivity contribution in [1.29, 1.82) is 0 Å². The van der Waals surface area contributed by atoms with Crippen LogP contribution in [0.5, 0.6) is 0 Å². The number of morpholine rings is 1. The van der Waals surface area contributed by atoms with Gasteiger partial charge in [-0.3, -0.25) is 9.69 Å². The Hall–Kier alpha value is -0.650. The molecule has 0 spiro atoms. The van der Waals surface area contributed by atoms with E-state index in [1.54, 1.807) is 7.11 Å². The van der Waals surface area contributed by atoms with Crippen molar-refractivity contribution in [3.05, 3.63) is 0 Å². The van der Waals surface area contributed by atoms with E-state index < -0.39 is 0 Å². The number of carbonyl (C=O) groups excluding carboxylic acids is 1. The fourth-order valence-electron chi connectivity index (χ4n) is 3.57. The molecule has 19 heavy (non-hydrogen) atoms. The van der Waals surface area contributed by atoms with E-state index >= 15 is 0 Å². The predicted octanol–water partition coefficient (Wildman–Crippen LogP) is 0.345. The van der Waals surface area contributed by atoms with Crippen molar-refractivity contribution >= 4 is 5.91 Å². The number of ether oxygens (including phenoxy) is 2. The third-order valence-corrected chi connectivity index (χ3v) is 4.58. The largest absolute Gasteiger partial charge is 0.383 e. The van der Waals surface area contributed by atoms with Crippen molar-refractivity contribution in [3.63, 3.8) is 0 Å². The van der Waals surface area contributed by atoms with Crippen molar-refractivity contribution in [2.24, 2.45) is 5.92 Å². The molecule has 3 aliphatic heterocycles. The molecule has 0 aromatic rings. The van der Waals surface area contributed by atoms with Crippen molar-refractivity contribution in [3.8, 4) is 0 Å². The monoisotopic (exact) mass is 268 g/mol. The number of likely N-dealkylation sites (tertiary alicyclic amines) is 2. The van der Waals surface area contributed by atoms with Gasteiger partial charge in [0.15, 0.2) is 0 Å². The third-order valence-electron chi connectivity index (χ3n) is 4.58. The normalized spacial score (nSPS) is 35.0. The van der Waals surface area contributed by atoms with E-state index in [0.29, 0.717) is 5.91 Å². The molecule has 0 aromatic carbocycles. The molecule has 1 amide bonds. The summed E-state index contributed by atoms with van der Waals surface area (Å²) in [5.41, 5.74) is 0. The minimum absolute atomic E-state index is 0.0932. The van der Waals surface area contributed by atoms with Gasteiger partial charge in [0.1, 0.15) is 0 Å². The van der Waals surface area contributed by atoms with Crippen molar-refractivity contribution in [1.82, 2.24) is 9.80 Å². The van der Waals surface area contributed by atoms with Gasteiger partial charge in [0.05, 0.1) is 24.7 Å². The summed E-state index contributed by atoms with van der Waals surface area (Å²) in [7, 11) is 1.73. The number of fused-ring (bicyclic) bond motifs is 2. The summed E-state index contributed by atoms with van der Waals surface area (Å²) in [4.78, 5) is 16.9. The van der Waals surface area contributed by atoms with Gasteiger partial charge in [0.25, 0.3) is 0 Å². The van der Waals surface area contributed by atoms with Crippen LogP contribution in [-0.2, 0) is 14.3 Å². The molecule has 0 N–H and O–H groups in total. The molecule has 3 fully saturated rings. The average molecular weight is 268 g/mol. The van der Waals surface area contributed by atoms with E-state index in [9.17, 15) is 4.79 Å². The quantitative estimate of drug-likeness (QED) is 0.737. The van der Waals surface area contributed by atoms with Crippen LogP contribution in [0.1, 0.15) is 19.3 Å². The standard InChI is InChI=1S/C14H24N2O3/c1-18-7-6-15-9-11-8-12(13(10-15)19-11)14(17)16-4-2-3-5-16/h11-13H,2-10H2,1H3/t11-,12-,13-/m1/s1. The number of amides is 1. The number of methoxy groups -OCH3 is 1. The Labute approximate surface area is 114 Å². The number of hydrogen-bond acceptors (Lipinski definition) is 4. The Morgan fingerprint density at radius 3 is 2.84 bits per heavy atom. The first-order valence-electron chi connectivity index (χ1n) is 7.43. The number of carbonyl (C=O) groups is 1. The zero-order valence-electron chi connectivity index (χ0n) is 11.7. The first kappa shape index (κ1) is 13.3. The van der Waals surface area contributed by atoms with Crippen LogP contribution in [0, 0.1) is 5.92 Å². The first-order valence-corrected chi connectivity index (χ1v) is 7.43. The smallest absolute Gasteiger partial charge is 0.228 e. The molecular formula is C14H24N2O3. The second-order valence-corrected chi connectivity index (χ2v) is 5.92. The zero-order valence-corrected chi connectivity index (χ0v) is 11.7. The predicted molar refractivity (Wildman–Crippen MR) is 70.9 cm³/mol. The molecule has 5 heteroatoms. The lowest BCUT2D eigenvalue weighted by Gasteiger charge is -2.32. The molecule has 0 saturated carbocycles. The highest BCUT2D eigenvalue weighted by atomic mass is 16.5. The summed E-state index contributed by atoms with van der Waals surface area (Å²) >= 11 is 0. The molecular weight excluding hydrogens is 244 g/mol. The second kappa shape index (κ2) is 5.77. The lowest BCUT2D eigenvalue weighted by Crippen LogP contribution is -2.46. The van der Waals surface area contributed by atoms with Crippen molar-refractivity contribution in [2.75, 3.05) is 46.4 Å². The van der Waals surface area contributed by atoms with E-state index in [1.807, 2.05) is 4.90 Å². The average Bonchev–Trinajstić information content (AvgIpc) is 3.04. The number of hydrogen-bond donors (Lipinski definition) is 0. The maximum absolute atomic E-state index is 12.5. The van der Waals surface area contributed by atoms with Crippen LogP contribution in [0.4, 0.5) is 0 Å². The first-order chi connectivity index (χ1) is 9.28. The second-order valence-electron chi connectivity index (χ2n) is 5.92. The van der Waals surface area contributed by atoms with Crippen LogP contribution in [-0.4, -0.2) is 74.4 Å². The molecule has 3 atom stereocenters. The maximum Gasteiger partial charge on any atom is 0.228 e. The molecule has 0 aliphatic carbocycles. The van der Waals surface area contributed by atoms with E-state index in [2.05, 4.69) is 4.90 Å². The minimum atomic E-state index is 0.0932. The van der Waals surface area contributed by atoms with Crippen LogP contribution in [0.15, 0.2) is 0 Å². The van der Waals surface area contributed by atoms with Gasteiger partial charge in [-0.2, -0.15) is 0 Å². The summed E-state index contributed by atoms with van der Waals surface area (Å²) in [6, 6.07) is 0. The molecule has 108 valence electrons. The molecule has 3 saturated heterocycles. The lowest BCUT2D eigenvalue weighted by atomic mass is 9.99. The van der Waals surface area contributed by atoms with Gasteiger partial charge < -0.3 is 14.4 Å². The highest BCUT2D eigenvalue weighted by molar-refractivity contribution is 5.80. The Balaban J connectivity index is 1.58. The fraction of sp³-hybridized carbons (Fsp3) is 0.929. The van der Waals surface area contributed by atoms with Gasteiger partial charge in [0.2, 0.25) is 5.91 Å². The minimum Gasteiger partial charge on any atom is -0.383 e. The van der Waals surface area contributed by atoms with Gasteiger partial charge in [-0.1, -0.05) is 0 Å². The topological polar surface area (TPSA) is 42.0 Å². The molecule has 2 bridgehead atoms. The Kier molecular flexibility index (Phi) is 4.05. The lowest BCUT2D eigenvalue weighted by molar-refractivity contribution is -0.137. The van der Waals surface area contributed by atoms with Gasteiger partial charge in [-0.15, -0.1) is 0 Å². The highest BCUT2D eigenvalue weighted by Crippen LogP contribution is 2.33. The summed E-state index contributed by atoms with van der Waals surface area (Å²) < 4.78 is 11.1. The maximum atomic E-state index is 12.5. The zero-order chi connectivity index (χ0) is 13.2. The third kappa shape index (κ3) is 2.78. The van der Waals surface area contributed by atoms with Crippen LogP contribution in [0.2, 0.25) is 0 Å². The van der Waals surface area contributed by atoms with Crippen LogP contribution in [0.3, 0.4) is 0 Å². The molecule has 0 aromatic heterocycles. The van der Waals surface area contributed by atoms with E-state index in [4.69, 9.17) is 9.47 Å². The van der Waals surface area contributed by atoms with E-state index in [1.165, 1.54) is 0 Å². The van der Waals surface area contributed by atoms with Gasteiger partial charge in [-0.25, -0.2) is 0 Å². The molecule has 3 heterocycles. The molecule has 0 unspecified atom stereocenters. The summed E-state index contributed by atoms with van der Waals surface area (Å²) in [6.45, 7) is 5.41. The van der Waals surface area contributed by atoms with Crippen LogP contribution < -0.4 is 0 Å². The van der Waals surface area contributed by atoms with Crippen molar-refractivity contribution < 1.29 is 14.3 Å². The molecule has 5 nitrogen and oxygen atoms in total. The molecule has 3 aliphatic rings. The summed E-state index contributed by atoms with van der Waals surface area (Å²) in [5, 5.41) is 0. The van der Waals surface area contributed by atoms with Crippen LogP contribution in [0.25, 0.3) is 0 Å². The van der Waals surface area contributed by atoms with Gasteiger partial charge >= 0.3 is 0 Å². The van der Waals surface area contributed by atoms with Crippen molar-refractivity contribution in [2.45, 2.75) is 31.5 Å². The molecule has 0 radical (unpaired) electrons. The highest BCUT2D eigenvalue weighted by Gasteiger charge is 2.45.